The van der Waals surface area contributed by atoms with Crippen molar-refractivity contribution >= 4 is 12.0 Å². The van der Waals surface area contributed by atoms with Gasteiger partial charge in [-0.1, -0.05) is 30.3 Å². The standard InChI is InChI=1S/C15H20N2O3/c1-16-14(18)13-7-9-17(10-8-13)15(19)20-11-12-5-3-2-4-6-12/h2-6,13H,7-11H2,1H3,(H,16,18). The molecule has 1 saturated heterocycles. The van der Waals surface area contributed by atoms with E-state index in [9.17, 15) is 9.59 Å². The molecule has 1 heterocycles. The Morgan fingerprint density at radius 3 is 2.50 bits per heavy atom. The normalized spacial score (nSPS) is 15.8. The van der Waals surface area contributed by atoms with Crippen LogP contribution in [0.15, 0.2) is 30.3 Å². The zero-order chi connectivity index (χ0) is 14.4. The van der Waals surface area contributed by atoms with Crippen molar-refractivity contribution < 1.29 is 14.3 Å². The van der Waals surface area contributed by atoms with E-state index in [0.717, 1.165) is 5.56 Å². The third-order valence-electron chi connectivity index (χ3n) is 3.58. The maximum atomic E-state index is 11.9. The van der Waals surface area contributed by atoms with Gasteiger partial charge in [-0.05, 0) is 18.4 Å². The van der Waals surface area contributed by atoms with Crippen LogP contribution in [0.25, 0.3) is 0 Å². The summed E-state index contributed by atoms with van der Waals surface area (Å²) < 4.78 is 5.28. The molecule has 5 nitrogen and oxygen atoms in total. The van der Waals surface area contributed by atoms with Crippen LogP contribution in [0.2, 0.25) is 0 Å². The summed E-state index contributed by atoms with van der Waals surface area (Å²) in [5.74, 6) is 0.0699. The smallest absolute Gasteiger partial charge is 0.410 e. The fraction of sp³-hybridized carbons (Fsp3) is 0.467. The second-order valence-electron chi connectivity index (χ2n) is 4.92. The number of rotatable bonds is 3. The Morgan fingerprint density at radius 1 is 1.25 bits per heavy atom. The zero-order valence-electron chi connectivity index (χ0n) is 11.7. The van der Waals surface area contributed by atoms with Gasteiger partial charge in [0.2, 0.25) is 5.91 Å². The van der Waals surface area contributed by atoms with Crippen LogP contribution in [0, 0.1) is 5.92 Å². The van der Waals surface area contributed by atoms with Crippen molar-refractivity contribution in [3.63, 3.8) is 0 Å². The minimum absolute atomic E-state index is 0.0122. The minimum Gasteiger partial charge on any atom is -0.445 e. The number of amides is 2. The Morgan fingerprint density at radius 2 is 1.90 bits per heavy atom. The van der Waals surface area contributed by atoms with Gasteiger partial charge in [0.15, 0.2) is 0 Å². The van der Waals surface area contributed by atoms with Crippen molar-refractivity contribution in [1.29, 1.82) is 0 Å². The Kier molecular flexibility index (Phi) is 4.98. The van der Waals surface area contributed by atoms with Crippen LogP contribution in [-0.2, 0) is 16.1 Å². The predicted octanol–water partition coefficient (Wildman–Crippen LogP) is 1.78. The summed E-state index contributed by atoms with van der Waals surface area (Å²) in [7, 11) is 1.64. The average Bonchev–Trinajstić information content (AvgIpc) is 2.53. The SMILES string of the molecule is CNC(=O)C1CCN(C(=O)OCc2ccccc2)CC1. The largest absolute Gasteiger partial charge is 0.445 e. The van der Waals surface area contributed by atoms with E-state index in [-0.39, 0.29) is 24.5 Å². The van der Waals surface area contributed by atoms with Crippen LogP contribution in [0.4, 0.5) is 4.79 Å². The second-order valence-corrected chi connectivity index (χ2v) is 4.92. The van der Waals surface area contributed by atoms with Gasteiger partial charge in [0.05, 0.1) is 0 Å². The molecule has 0 radical (unpaired) electrons. The Bertz CT molecular complexity index is 453. The molecular weight excluding hydrogens is 256 g/mol. The molecule has 1 aliphatic heterocycles. The zero-order valence-corrected chi connectivity index (χ0v) is 11.7. The maximum Gasteiger partial charge on any atom is 0.410 e. The summed E-state index contributed by atoms with van der Waals surface area (Å²) in [5, 5.41) is 2.65. The van der Waals surface area contributed by atoms with Gasteiger partial charge in [-0.15, -0.1) is 0 Å². The third kappa shape index (κ3) is 3.73. The Hall–Kier alpha value is -2.04. The van der Waals surface area contributed by atoms with E-state index in [1.54, 1.807) is 11.9 Å². The Balaban J connectivity index is 1.76. The van der Waals surface area contributed by atoms with Gasteiger partial charge in [0.1, 0.15) is 6.61 Å². The second kappa shape index (κ2) is 6.93. The van der Waals surface area contributed by atoms with Crippen LogP contribution < -0.4 is 5.32 Å². The number of ether oxygens (including phenoxy) is 1. The van der Waals surface area contributed by atoms with Gasteiger partial charge >= 0.3 is 6.09 Å². The first-order valence-corrected chi connectivity index (χ1v) is 6.88. The lowest BCUT2D eigenvalue weighted by Crippen LogP contribution is -2.42. The number of hydrogen-bond donors (Lipinski definition) is 1. The number of carbonyl (C=O) groups excluding carboxylic acids is 2. The summed E-state index contributed by atoms with van der Waals surface area (Å²) in [6.45, 7) is 1.44. The van der Waals surface area contributed by atoms with E-state index < -0.39 is 0 Å². The van der Waals surface area contributed by atoms with E-state index in [1.807, 2.05) is 30.3 Å². The van der Waals surface area contributed by atoms with Crippen molar-refractivity contribution in [3.05, 3.63) is 35.9 Å². The first-order chi connectivity index (χ1) is 9.70. The molecule has 1 N–H and O–H groups in total. The van der Waals surface area contributed by atoms with E-state index in [4.69, 9.17) is 4.74 Å². The molecule has 0 aliphatic carbocycles. The molecule has 0 unspecified atom stereocenters. The monoisotopic (exact) mass is 276 g/mol. The molecule has 0 atom stereocenters. The quantitative estimate of drug-likeness (QED) is 0.915. The van der Waals surface area contributed by atoms with Crippen LogP contribution in [0.1, 0.15) is 18.4 Å². The lowest BCUT2D eigenvalue weighted by atomic mass is 9.96. The predicted molar refractivity (Wildman–Crippen MR) is 75.0 cm³/mol. The van der Waals surface area contributed by atoms with E-state index >= 15 is 0 Å². The van der Waals surface area contributed by atoms with E-state index in [2.05, 4.69) is 5.32 Å². The average molecular weight is 276 g/mol. The minimum atomic E-state index is -0.302. The molecule has 0 saturated carbocycles. The number of benzene rings is 1. The lowest BCUT2D eigenvalue weighted by molar-refractivity contribution is -0.125. The van der Waals surface area contributed by atoms with Crippen molar-refractivity contribution in [2.75, 3.05) is 20.1 Å². The van der Waals surface area contributed by atoms with Crippen LogP contribution in [0.5, 0.6) is 0 Å². The van der Waals surface area contributed by atoms with Crippen molar-refractivity contribution in [2.45, 2.75) is 19.4 Å². The molecule has 1 fully saturated rings. The van der Waals surface area contributed by atoms with Crippen LogP contribution >= 0.6 is 0 Å². The number of nitrogens with zero attached hydrogens (tertiary/aromatic N) is 1. The number of nitrogens with one attached hydrogen (secondary N) is 1. The topological polar surface area (TPSA) is 58.6 Å². The van der Waals surface area contributed by atoms with Gasteiger partial charge in [-0.3, -0.25) is 4.79 Å². The summed E-state index contributed by atoms with van der Waals surface area (Å²) in [5.41, 5.74) is 0.973. The fourth-order valence-electron chi connectivity index (χ4n) is 2.34. The van der Waals surface area contributed by atoms with Gasteiger partial charge in [0, 0.05) is 26.1 Å². The third-order valence-corrected chi connectivity index (χ3v) is 3.58. The number of hydrogen-bond acceptors (Lipinski definition) is 3. The number of carbonyl (C=O) groups is 2. The molecule has 20 heavy (non-hydrogen) atoms. The lowest BCUT2D eigenvalue weighted by Gasteiger charge is -2.30. The highest BCUT2D eigenvalue weighted by atomic mass is 16.6. The summed E-state index contributed by atoms with van der Waals surface area (Å²) in [6, 6.07) is 9.60. The number of piperidine rings is 1. The molecule has 1 aromatic carbocycles. The maximum absolute atomic E-state index is 11.9. The highest BCUT2D eigenvalue weighted by Crippen LogP contribution is 2.18. The van der Waals surface area contributed by atoms with Crippen LogP contribution in [0.3, 0.4) is 0 Å². The summed E-state index contributed by atoms with van der Waals surface area (Å²) in [4.78, 5) is 25.1. The molecule has 0 aromatic heterocycles. The molecule has 0 bridgehead atoms. The highest BCUT2D eigenvalue weighted by Gasteiger charge is 2.27. The molecule has 2 rings (SSSR count). The molecule has 0 spiro atoms. The van der Waals surface area contributed by atoms with Gasteiger partial charge in [0.25, 0.3) is 0 Å². The molecular formula is C15H20N2O3. The Labute approximate surface area is 118 Å². The molecule has 108 valence electrons. The van der Waals surface area contributed by atoms with Crippen molar-refractivity contribution in [3.8, 4) is 0 Å². The fourth-order valence-corrected chi connectivity index (χ4v) is 2.34. The summed E-state index contributed by atoms with van der Waals surface area (Å²) >= 11 is 0. The van der Waals surface area contributed by atoms with Crippen molar-refractivity contribution in [2.24, 2.45) is 5.92 Å². The molecule has 1 aliphatic rings. The van der Waals surface area contributed by atoms with Gasteiger partial charge in [-0.2, -0.15) is 0 Å². The van der Waals surface area contributed by atoms with Gasteiger partial charge in [-0.25, -0.2) is 4.79 Å². The van der Waals surface area contributed by atoms with Crippen molar-refractivity contribution in [1.82, 2.24) is 10.2 Å². The van der Waals surface area contributed by atoms with Crippen LogP contribution in [-0.4, -0.2) is 37.0 Å². The van der Waals surface area contributed by atoms with Gasteiger partial charge < -0.3 is 15.0 Å². The highest BCUT2D eigenvalue weighted by molar-refractivity contribution is 5.78. The molecule has 2 amide bonds. The first-order valence-electron chi connectivity index (χ1n) is 6.88. The molecule has 1 aromatic rings. The molecule has 5 heteroatoms. The van der Waals surface area contributed by atoms with E-state index in [0.29, 0.717) is 25.9 Å². The first kappa shape index (κ1) is 14.4. The summed E-state index contributed by atoms with van der Waals surface area (Å²) in [6.07, 6.45) is 1.09. The van der Waals surface area contributed by atoms with E-state index in [1.165, 1.54) is 0 Å². The number of likely N-dealkylation sites (tertiary alicyclic amines) is 1.